The molecule has 8 heteroatoms. The van der Waals surface area contributed by atoms with Gasteiger partial charge in [-0.05, 0) is 42.8 Å². The largest absolute Gasteiger partial charge is 0.480 e. The molecule has 0 saturated carbocycles. The van der Waals surface area contributed by atoms with E-state index in [2.05, 4.69) is 26.6 Å². The first-order valence-corrected chi connectivity index (χ1v) is 8.02. The van der Waals surface area contributed by atoms with Crippen molar-refractivity contribution >= 4 is 39.8 Å². The highest BCUT2D eigenvalue weighted by Crippen LogP contribution is 2.14. The number of furan rings is 1. The van der Waals surface area contributed by atoms with E-state index >= 15 is 0 Å². The van der Waals surface area contributed by atoms with Crippen LogP contribution in [0.1, 0.15) is 23.0 Å². The Morgan fingerprint density at radius 3 is 2.60 bits per heavy atom. The highest BCUT2D eigenvalue weighted by atomic mass is 79.9. The predicted octanol–water partition coefficient (Wildman–Crippen LogP) is 2.40. The van der Waals surface area contributed by atoms with Gasteiger partial charge in [-0.25, -0.2) is 0 Å². The summed E-state index contributed by atoms with van der Waals surface area (Å²) in [6.07, 6.45) is 2.77. The number of amides is 2. The number of carboxylic acids is 1. The predicted molar refractivity (Wildman–Crippen MR) is 93.5 cm³/mol. The molecule has 0 bridgehead atoms. The normalized spacial score (nSPS) is 12.3. The Kier molecular flexibility index (Phi) is 6.13. The number of hydrogen-bond donors (Lipinski definition) is 3. The standard InChI is InChI=1S/C17H15BrN2O5/c1-10(17(23)24)19-15(21)13(9-11-4-2-5-12(18)8-11)20-16(22)14-6-3-7-25-14/h2-10H,1H3,(H,19,21)(H,20,22)(H,23,24)/b13-9-/t10-/m0/s1. The molecule has 7 nitrogen and oxygen atoms in total. The fourth-order valence-electron chi connectivity index (χ4n) is 1.85. The summed E-state index contributed by atoms with van der Waals surface area (Å²) >= 11 is 3.32. The summed E-state index contributed by atoms with van der Waals surface area (Å²) in [5.41, 5.74) is 0.537. The summed E-state index contributed by atoms with van der Waals surface area (Å²) in [7, 11) is 0. The van der Waals surface area contributed by atoms with Crippen LogP contribution >= 0.6 is 15.9 Å². The molecule has 0 aliphatic carbocycles. The van der Waals surface area contributed by atoms with Gasteiger partial charge in [0, 0.05) is 4.47 Å². The lowest BCUT2D eigenvalue weighted by molar-refractivity contribution is -0.140. The molecule has 0 saturated heterocycles. The van der Waals surface area contributed by atoms with Gasteiger partial charge in [0.05, 0.1) is 6.26 Å². The third-order valence-corrected chi connectivity index (χ3v) is 3.61. The van der Waals surface area contributed by atoms with Gasteiger partial charge < -0.3 is 20.2 Å². The summed E-state index contributed by atoms with van der Waals surface area (Å²) in [5, 5.41) is 13.7. The minimum atomic E-state index is -1.19. The van der Waals surface area contributed by atoms with Gasteiger partial charge in [-0.15, -0.1) is 0 Å². The quantitative estimate of drug-likeness (QED) is 0.638. The van der Waals surface area contributed by atoms with Crippen molar-refractivity contribution in [2.75, 3.05) is 0 Å². The van der Waals surface area contributed by atoms with Crippen molar-refractivity contribution in [1.29, 1.82) is 0 Å². The van der Waals surface area contributed by atoms with Crippen molar-refractivity contribution in [2.24, 2.45) is 0 Å². The number of hydrogen-bond acceptors (Lipinski definition) is 4. The van der Waals surface area contributed by atoms with Gasteiger partial charge in [-0.2, -0.15) is 0 Å². The molecular formula is C17H15BrN2O5. The molecule has 1 aromatic carbocycles. The minimum absolute atomic E-state index is 0.0271. The van der Waals surface area contributed by atoms with E-state index < -0.39 is 23.8 Å². The highest BCUT2D eigenvalue weighted by molar-refractivity contribution is 9.10. The lowest BCUT2D eigenvalue weighted by atomic mass is 10.1. The molecule has 0 fully saturated rings. The van der Waals surface area contributed by atoms with Crippen LogP contribution in [-0.2, 0) is 9.59 Å². The molecule has 0 radical (unpaired) electrons. The van der Waals surface area contributed by atoms with Crippen molar-refractivity contribution in [3.8, 4) is 0 Å². The molecule has 130 valence electrons. The zero-order valence-electron chi connectivity index (χ0n) is 13.2. The first-order valence-electron chi connectivity index (χ1n) is 7.22. The Hall–Kier alpha value is -2.87. The van der Waals surface area contributed by atoms with Crippen LogP contribution in [0.15, 0.2) is 57.2 Å². The van der Waals surface area contributed by atoms with Crippen LogP contribution in [0.4, 0.5) is 0 Å². The van der Waals surface area contributed by atoms with Gasteiger partial charge in [0.15, 0.2) is 5.76 Å². The van der Waals surface area contributed by atoms with Crippen molar-refractivity contribution < 1.29 is 23.9 Å². The molecule has 2 rings (SSSR count). The lowest BCUT2D eigenvalue weighted by Gasteiger charge is -2.13. The number of carboxylic acid groups (broad SMARTS) is 1. The van der Waals surface area contributed by atoms with Gasteiger partial charge in [0.1, 0.15) is 11.7 Å². The average Bonchev–Trinajstić information content (AvgIpc) is 3.08. The molecule has 25 heavy (non-hydrogen) atoms. The second kappa shape index (κ2) is 8.29. The topological polar surface area (TPSA) is 109 Å². The van der Waals surface area contributed by atoms with Crippen LogP contribution in [0.3, 0.4) is 0 Å². The maximum absolute atomic E-state index is 12.4. The third kappa shape index (κ3) is 5.32. The van der Waals surface area contributed by atoms with Gasteiger partial charge in [0.25, 0.3) is 11.8 Å². The number of benzene rings is 1. The first-order chi connectivity index (χ1) is 11.9. The average molecular weight is 407 g/mol. The Balaban J connectivity index is 2.28. The van der Waals surface area contributed by atoms with Crippen LogP contribution in [-0.4, -0.2) is 28.9 Å². The molecular weight excluding hydrogens is 392 g/mol. The number of aliphatic carboxylic acids is 1. The van der Waals surface area contributed by atoms with Crippen molar-refractivity contribution in [2.45, 2.75) is 13.0 Å². The Labute approximate surface area is 151 Å². The molecule has 3 N–H and O–H groups in total. The van der Waals surface area contributed by atoms with Crippen molar-refractivity contribution in [3.63, 3.8) is 0 Å². The number of rotatable bonds is 6. The summed E-state index contributed by atoms with van der Waals surface area (Å²) in [5.74, 6) is -2.51. The van der Waals surface area contributed by atoms with Crippen LogP contribution < -0.4 is 10.6 Å². The maximum Gasteiger partial charge on any atom is 0.325 e. The van der Waals surface area contributed by atoms with E-state index in [0.717, 1.165) is 4.47 Å². The fraction of sp³-hybridized carbons (Fsp3) is 0.118. The van der Waals surface area contributed by atoms with Gasteiger partial charge in [-0.1, -0.05) is 28.1 Å². The zero-order chi connectivity index (χ0) is 18.4. The van der Waals surface area contributed by atoms with Crippen LogP contribution in [0, 0.1) is 0 Å². The van der Waals surface area contributed by atoms with Gasteiger partial charge >= 0.3 is 5.97 Å². The van der Waals surface area contributed by atoms with E-state index in [1.165, 1.54) is 25.3 Å². The second-order valence-electron chi connectivity index (χ2n) is 5.08. The van der Waals surface area contributed by atoms with E-state index in [9.17, 15) is 14.4 Å². The number of nitrogens with one attached hydrogen (secondary N) is 2. The van der Waals surface area contributed by atoms with E-state index in [-0.39, 0.29) is 11.5 Å². The summed E-state index contributed by atoms with van der Waals surface area (Å²) in [6, 6.07) is 8.93. The van der Waals surface area contributed by atoms with Gasteiger partial charge in [-0.3, -0.25) is 14.4 Å². The summed E-state index contributed by atoms with van der Waals surface area (Å²) < 4.78 is 5.78. The number of carbonyl (C=O) groups is 3. The Bertz CT molecular complexity index is 814. The Morgan fingerprint density at radius 1 is 1.24 bits per heavy atom. The smallest absolute Gasteiger partial charge is 0.325 e. The SMILES string of the molecule is C[C@H](NC(=O)/C(=C/c1cccc(Br)c1)NC(=O)c1ccco1)C(=O)O. The van der Waals surface area contributed by atoms with Crippen LogP contribution in [0.2, 0.25) is 0 Å². The molecule has 2 amide bonds. The summed E-state index contributed by atoms with van der Waals surface area (Å²) in [4.78, 5) is 35.4. The monoisotopic (exact) mass is 406 g/mol. The molecule has 0 aliphatic heterocycles. The molecule has 0 aliphatic rings. The molecule has 1 heterocycles. The molecule has 2 aromatic rings. The van der Waals surface area contributed by atoms with Gasteiger partial charge in [0.2, 0.25) is 0 Å². The molecule has 0 spiro atoms. The van der Waals surface area contributed by atoms with Crippen molar-refractivity contribution in [3.05, 3.63) is 64.2 Å². The number of carbonyl (C=O) groups excluding carboxylic acids is 2. The van der Waals surface area contributed by atoms with Crippen molar-refractivity contribution in [1.82, 2.24) is 10.6 Å². The third-order valence-electron chi connectivity index (χ3n) is 3.12. The molecule has 0 unspecified atom stereocenters. The number of halogens is 1. The van der Waals surface area contributed by atoms with E-state index in [0.29, 0.717) is 5.56 Å². The van der Waals surface area contributed by atoms with E-state index in [1.807, 2.05) is 6.07 Å². The zero-order valence-corrected chi connectivity index (χ0v) is 14.7. The minimum Gasteiger partial charge on any atom is -0.480 e. The van der Waals surface area contributed by atoms with E-state index in [1.54, 1.807) is 24.3 Å². The molecule has 1 aromatic heterocycles. The fourth-order valence-corrected chi connectivity index (χ4v) is 2.27. The second-order valence-corrected chi connectivity index (χ2v) is 5.99. The van der Waals surface area contributed by atoms with E-state index in [4.69, 9.17) is 9.52 Å². The van der Waals surface area contributed by atoms with Crippen LogP contribution in [0.5, 0.6) is 0 Å². The van der Waals surface area contributed by atoms with Crippen LogP contribution in [0.25, 0.3) is 6.08 Å². The first kappa shape index (κ1) is 18.5. The maximum atomic E-state index is 12.4. The Morgan fingerprint density at radius 2 is 2.00 bits per heavy atom. The highest BCUT2D eigenvalue weighted by Gasteiger charge is 2.20. The molecule has 1 atom stereocenters. The lowest BCUT2D eigenvalue weighted by Crippen LogP contribution is -2.42. The summed E-state index contributed by atoms with van der Waals surface area (Å²) in [6.45, 7) is 1.32.